The van der Waals surface area contributed by atoms with E-state index < -0.39 is 9.81 Å². The van der Waals surface area contributed by atoms with Crippen LogP contribution in [0.2, 0.25) is 0 Å². The van der Waals surface area contributed by atoms with E-state index in [-0.39, 0.29) is 5.78 Å². The van der Waals surface area contributed by atoms with Crippen molar-refractivity contribution in [3.8, 4) is 11.2 Å². The molecular formula is C13H12ClNO2S. The van der Waals surface area contributed by atoms with Crippen LogP contribution >= 0.6 is 23.4 Å². The zero-order chi connectivity index (χ0) is 13.4. The molecule has 0 bridgehead atoms. The van der Waals surface area contributed by atoms with Crippen molar-refractivity contribution >= 4 is 29.1 Å². The van der Waals surface area contributed by atoms with Gasteiger partial charge in [-0.1, -0.05) is 30.7 Å². The lowest BCUT2D eigenvalue weighted by Crippen LogP contribution is -2.57. The van der Waals surface area contributed by atoms with Gasteiger partial charge < -0.3 is 4.74 Å². The Morgan fingerprint density at radius 3 is 2.78 bits per heavy atom. The van der Waals surface area contributed by atoms with Crippen LogP contribution in [0.1, 0.15) is 30.6 Å². The Morgan fingerprint density at radius 1 is 1.50 bits per heavy atom. The normalized spacial score (nSPS) is 30.2. The number of nitriles is 1. The number of ether oxygens (including phenoxy) is 1. The van der Waals surface area contributed by atoms with Gasteiger partial charge in [-0.15, -0.1) is 0 Å². The molecule has 0 amide bonds. The third kappa shape index (κ3) is 1.70. The van der Waals surface area contributed by atoms with E-state index in [0.29, 0.717) is 17.7 Å². The summed E-state index contributed by atoms with van der Waals surface area (Å²) < 4.78 is 4.48. The van der Waals surface area contributed by atoms with Crippen molar-refractivity contribution in [1.82, 2.24) is 0 Å². The Kier molecular flexibility index (Phi) is 3.31. The number of halogens is 1. The number of carbonyl (C=O) groups is 1. The summed E-state index contributed by atoms with van der Waals surface area (Å²) in [6.07, 6.45) is 0.533. The van der Waals surface area contributed by atoms with Gasteiger partial charge in [0.15, 0.2) is 0 Å². The lowest BCUT2D eigenvalue weighted by Gasteiger charge is -2.44. The summed E-state index contributed by atoms with van der Waals surface area (Å²) in [6.45, 7) is 3.65. The maximum Gasteiger partial charge on any atom is 0.205 e. The Morgan fingerprint density at radius 2 is 2.17 bits per heavy atom. The summed E-state index contributed by atoms with van der Waals surface area (Å²) >= 11 is 7.18. The topological polar surface area (TPSA) is 50.1 Å². The van der Waals surface area contributed by atoms with Crippen LogP contribution in [-0.2, 0) is 0 Å². The van der Waals surface area contributed by atoms with Crippen LogP contribution in [-0.4, -0.2) is 15.6 Å². The Balaban J connectivity index is 2.61. The number of thiocyanates is 1. The minimum Gasteiger partial charge on any atom is -0.484 e. The molecule has 1 aliphatic heterocycles. The summed E-state index contributed by atoms with van der Waals surface area (Å²) in [6, 6.07) is 6.97. The first-order valence-electron chi connectivity index (χ1n) is 5.57. The van der Waals surface area contributed by atoms with E-state index >= 15 is 0 Å². The largest absolute Gasteiger partial charge is 0.484 e. The number of rotatable bonds is 2. The Hall–Kier alpha value is -1.18. The molecule has 1 heterocycles. The van der Waals surface area contributed by atoms with E-state index in [1.54, 1.807) is 31.2 Å². The van der Waals surface area contributed by atoms with Crippen molar-refractivity contribution in [3.63, 3.8) is 0 Å². The van der Waals surface area contributed by atoms with Crippen molar-refractivity contribution in [1.29, 1.82) is 5.26 Å². The third-order valence-electron chi connectivity index (χ3n) is 3.30. The number of hydrogen-bond donors (Lipinski definition) is 0. The number of fused-ring (bicyclic) bond motifs is 1. The second kappa shape index (κ2) is 4.49. The van der Waals surface area contributed by atoms with Gasteiger partial charge in [0, 0.05) is 0 Å². The minimum atomic E-state index is -1.40. The van der Waals surface area contributed by atoms with Crippen molar-refractivity contribution < 1.29 is 9.53 Å². The highest BCUT2D eigenvalue weighted by Crippen LogP contribution is 2.51. The number of para-hydroxylation sites is 1. The average Bonchev–Trinajstić information content (AvgIpc) is 2.37. The van der Waals surface area contributed by atoms with Crippen molar-refractivity contribution in [2.75, 3.05) is 0 Å². The molecule has 18 heavy (non-hydrogen) atoms. The number of nitrogens with zero attached hydrogens (tertiary/aromatic N) is 1. The van der Waals surface area contributed by atoms with Gasteiger partial charge in [0.2, 0.25) is 9.99 Å². The number of Topliss-reactive ketones (excluding diaryl/α,β-unsaturated/α-hetero) is 1. The molecule has 2 rings (SSSR count). The summed E-state index contributed by atoms with van der Waals surface area (Å²) in [7, 11) is 0. The van der Waals surface area contributed by atoms with Gasteiger partial charge in [-0.25, -0.2) is 0 Å². The van der Waals surface area contributed by atoms with Gasteiger partial charge >= 0.3 is 0 Å². The summed E-state index contributed by atoms with van der Waals surface area (Å²) in [5.74, 6) is 0.267. The lowest BCUT2D eigenvalue weighted by atomic mass is 9.88. The van der Waals surface area contributed by atoms with Gasteiger partial charge in [0.05, 0.1) is 5.56 Å². The molecule has 3 nitrogen and oxygen atoms in total. The van der Waals surface area contributed by atoms with E-state index in [9.17, 15) is 4.79 Å². The highest BCUT2D eigenvalue weighted by molar-refractivity contribution is 8.07. The third-order valence-corrected chi connectivity index (χ3v) is 5.09. The molecule has 0 spiro atoms. The van der Waals surface area contributed by atoms with Crippen LogP contribution < -0.4 is 4.74 Å². The molecule has 0 N–H and O–H groups in total. The number of alkyl halides is 1. The van der Waals surface area contributed by atoms with Gasteiger partial charge in [0.1, 0.15) is 16.8 Å². The number of carbonyl (C=O) groups excluding carboxylic acids is 1. The standard InChI is InChI=1S/C13H12ClNO2S/c1-3-12(2)13(14,18-8-15)11(16)9-6-4-5-7-10(9)17-12/h4-7H,3H2,1-2H3/t12-,13+/m1/s1. The quantitative estimate of drug-likeness (QED) is 0.614. The zero-order valence-corrected chi connectivity index (χ0v) is 11.6. The smallest absolute Gasteiger partial charge is 0.205 e. The fraction of sp³-hybridized carbons (Fsp3) is 0.385. The molecule has 0 radical (unpaired) electrons. The molecule has 0 fully saturated rings. The van der Waals surface area contributed by atoms with Gasteiger partial charge in [-0.05, 0) is 37.2 Å². The Bertz CT molecular complexity index is 542. The molecule has 0 saturated heterocycles. The highest BCUT2D eigenvalue weighted by atomic mass is 35.5. The molecule has 5 heteroatoms. The molecule has 1 aromatic rings. The summed E-state index contributed by atoms with van der Waals surface area (Å²) in [5.41, 5.74) is -0.471. The molecule has 94 valence electrons. The first-order valence-corrected chi connectivity index (χ1v) is 6.77. The van der Waals surface area contributed by atoms with Crippen LogP contribution in [0.5, 0.6) is 5.75 Å². The van der Waals surface area contributed by atoms with Crippen molar-refractivity contribution in [2.24, 2.45) is 0 Å². The fourth-order valence-corrected chi connectivity index (χ4v) is 3.09. The SMILES string of the molecule is CC[C@@]1(C)Oc2ccccc2C(=O)[C@]1(Cl)SC#N. The van der Waals surface area contributed by atoms with Gasteiger partial charge in [-0.2, -0.15) is 5.26 Å². The maximum absolute atomic E-state index is 12.5. The van der Waals surface area contributed by atoms with Crippen molar-refractivity contribution in [3.05, 3.63) is 29.8 Å². The van der Waals surface area contributed by atoms with Crippen LogP contribution in [0.3, 0.4) is 0 Å². The number of ketones is 1. The minimum absolute atomic E-state index is 0.262. The number of thioether (sulfide) groups is 1. The van der Waals surface area contributed by atoms with Crippen LogP contribution in [0.25, 0.3) is 0 Å². The van der Waals surface area contributed by atoms with E-state index in [0.717, 1.165) is 11.8 Å². The van der Waals surface area contributed by atoms with Crippen LogP contribution in [0.15, 0.2) is 24.3 Å². The highest BCUT2D eigenvalue weighted by Gasteiger charge is 2.58. The van der Waals surface area contributed by atoms with E-state index in [1.165, 1.54) is 0 Å². The molecule has 1 aromatic carbocycles. The molecule has 0 unspecified atom stereocenters. The van der Waals surface area contributed by atoms with Crippen LogP contribution in [0.4, 0.5) is 0 Å². The molecule has 2 atom stereocenters. The second-order valence-corrected chi connectivity index (χ2v) is 6.09. The van der Waals surface area contributed by atoms with Gasteiger partial charge in [0.25, 0.3) is 0 Å². The van der Waals surface area contributed by atoms with E-state index in [1.807, 2.05) is 12.3 Å². The molecular weight excluding hydrogens is 270 g/mol. The summed E-state index contributed by atoms with van der Waals surface area (Å²) in [4.78, 5) is 12.5. The van der Waals surface area contributed by atoms with E-state index in [2.05, 4.69) is 0 Å². The second-order valence-electron chi connectivity index (χ2n) is 4.30. The Labute approximate surface area is 115 Å². The van der Waals surface area contributed by atoms with Crippen LogP contribution in [0, 0.1) is 10.7 Å². The predicted molar refractivity (Wildman–Crippen MR) is 71.9 cm³/mol. The molecule has 0 aliphatic carbocycles. The summed E-state index contributed by atoms with van der Waals surface area (Å²) in [5, 5.41) is 10.8. The first kappa shape index (κ1) is 13.3. The molecule has 1 aliphatic rings. The molecule has 0 saturated carbocycles. The monoisotopic (exact) mass is 281 g/mol. The van der Waals surface area contributed by atoms with Crippen molar-refractivity contribution in [2.45, 2.75) is 30.1 Å². The number of benzene rings is 1. The lowest BCUT2D eigenvalue weighted by molar-refractivity contribution is 0.0453. The maximum atomic E-state index is 12.5. The zero-order valence-electron chi connectivity index (χ0n) is 10.1. The fourth-order valence-electron chi connectivity index (χ4n) is 1.98. The number of hydrogen-bond acceptors (Lipinski definition) is 4. The predicted octanol–water partition coefficient (Wildman–Crippen LogP) is 3.58. The first-order chi connectivity index (χ1) is 8.48. The average molecular weight is 282 g/mol. The molecule has 0 aromatic heterocycles. The van der Waals surface area contributed by atoms with Gasteiger partial charge in [-0.3, -0.25) is 4.79 Å². The van der Waals surface area contributed by atoms with E-state index in [4.69, 9.17) is 21.6 Å².